The van der Waals surface area contributed by atoms with Gasteiger partial charge >= 0.3 is 0 Å². The van der Waals surface area contributed by atoms with E-state index in [0.29, 0.717) is 0 Å². The highest BCUT2D eigenvalue weighted by Gasteiger charge is 2.14. The van der Waals surface area contributed by atoms with Gasteiger partial charge in [0, 0.05) is 42.3 Å². The van der Waals surface area contributed by atoms with Crippen molar-refractivity contribution in [2.45, 2.75) is 0 Å². The molecular formula is C24H16ClNS. The normalized spacial score (nSPS) is 11.1. The zero-order valence-electron chi connectivity index (χ0n) is 14.5. The lowest BCUT2D eigenvalue weighted by Gasteiger charge is -2.25. The zero-order valence-corrected chi connectivity index (χ0v) is 16.0. The number of hydrogen-bond donors (Lipinski definition) is 0. The van der Waals surface area contributed by atoms with Gasteiger partial charge in [-0.1, -0.05) is 48.0 Å². The average Bonchev–Trinajstić information content (AvgIpc) is 3.07. The summed E-state index contributed by atoms with van der Waals surface area (Å²) in [5.41, 5.74) is 3.42. The van der Waals surface area contributed by atoms with E-state index < -0.39 is 0 Å². The van der Waals surface area contributed by atoms with Crippen molar-refractivity contribution >= 4 is 60.2 Å². The van der Waals surface area contributed by atoms with Crippen LogP contribution in [0.15, 0.2) is 97.1 Å². The van der Waals surface area contributed by atoms with E-state index in [2.05, 4.69) is 83.8 Å². The number of para-hydroxylation sites is 2. The van der Waals surface area contributed by atoms with Gasteiger partial charge in [-0.05, 0) is 60.7 Å². The molecule has 0 aliphatic carbocycles. The summed E-state index contributed by atoms with van der Waals surface area (Å²) in [6, 6.07) is 33.7. The van der Waals surface area contributed by atoms with Crippen LogP contribution >= 0.6 is 22.9 Å². The molecule has 1 nitrogen and oxygen atoms in total. The van der Waals surface area contributed by atoms with Gasteiger partial charge in [-0.3, -0.25) is 0 Å². The monoisotopic (exact) mass is 385 g/mol. The van der Waals surface area contributed by atoms with Gasteiger partial charge in [0.1, 0.15) is 0 Å². The van der Waals surface area contributed by atoms with Crippen molar-refractivity contribution in [2.24, 2.45) is 0 Å². The lowest BCUT2D eigenvalue weighted by Crippen LogP contribution is -2.09. The quantitative estimate of drug-likeness (QED) is 0.302. The molecule has 0 unspecified atom stereocenters. The van der Waals surface area contributed by atoms with Crippen LogP contribution in [0, 0.1) is 0 Å². The number of nitrogens with zero attached hydrogens (tertiary/aromatic N) is 1. The minimum atomic E-state index is 0.774. The third-order valence-electron chi connectivity index (χ3n) is 4.70. The molecule has 0 saturated carbocycles. The summed E-state index contributed by atoms with van der Waals surface area (Å²) in [5, 5.41) is 3.23. The Bertz CT molecular complexity index is 1190. The first-order chi connectivity index (χ1) is 13.3. The molecule has 1 aromatic heterocycles. The molecule has 0 amide bonds. The molecule has 0 aliphatic rings. The molecule has 0 spiro atoms. The maximum Gasteiger partial charge on any atom is 0.0468 e. The molecule has 130 valence electrons. The Kier molecular flexibility index (Phi) is 4.08. The van der Waals surface area contributed by atoms with Gasteiger partial charge in [0.2, 0.25) is 0 Å². The summed E-state index contributed by atoms with van der Waals surface area (Å²) < 4.78 is 2.54. The topological polar surface area (TPSA) is 3.24 Å². The number of rotatable bonds is 3. The largest absolute Gasteiger partial charge is 0.310 e. The fraction of sp³-hybridized carbons (Fsp3) is 0. The van der Waals surface area contributed by atoms with Gasteiger partial charge in [0.05, 0.1) is 0 Å². The smallest absolute Gasteiger partial charge is 0.0468 e. The fourth-order valence-corrected chi connectivity index (χ4v) is 4.72. The highest BCUT2D eigenvalue weighted by Crippen LogP contribution is 2.40. The molecule has 0 N–H and O–H groups in total. The van der Waals surface area contributed by atoms with E-state index in [1.807, 2.05) is 18.2 Å². The Hall–Kier alpha value is -2.81. The van der Waals surface area contributed by atoms with Gasteiger partial charge in [0.15, 0.2) is 0 Å². The van der Waals surface area contributed by atoms with Crippen LogP contribution in [0.3, 0.4) is 0 Å². The molecule has 3 heteroatoms. The van der Waals surface area contributed by atoms with Crippen LogP contribution in [0.25, 0.3) is 20.2 Å². The lowest BCUT2D eigenvalue weighted by atomic mass is 10.1. The van der Waals surface area contributed by atoms with Gasteiger partial charge in [-0.25, -0.2) is 0 Å². The van der Waals surface area contributed by atoms with E-state index in [4.69, 9.17) is 11.6 Å². The van der Waals surface area contributed by atoms with E-state index in [1.54, 1.807) is 11.3 Å². The molecular weight excluding hydrogens is 370 g/mol. The second-order valence-corrected chi connectivity index (χ2v) is 7.95. The Morgan fingerprint density at radius 2 is 1.11 bits per heavy atom. The lowest BCUT2D eigenvalue weighted by molar-refractivity contribution is 1.29. The molecule has 4 aromatic carbocycles. The molecule has 0 fully saturated rings. The second kappa shape index (κ2) is 6.73. The summed E-state index contributed by atoms with van der Waals surface area (Å²) in [4.78, 5) is 2.29. The van der Waals surface area contributed by atoms with Gasteiger partial charge in [0.25, 0.3) is 0 Å². The summed E-state index contributed by atoms with van der Waals surface area (Å²) in [6.07, 6.45) is 0. The van der Waals surface area contributed by atoms with Crippen LogP contribution < -0.4 is 4.90 Å². The Morgan fingerprint density at radius 3 is 1.74 bits per heavy atom. The van der Waals surface area contributed by atoms with Crippen molar-refractivity contribution in [3.05, 3.63) is 102 Å². The third kappa shape index (κ3) is 2.97. The summed E-state index contributed by atoms with van der Waals surface area (Å²) in [5.74, 6) is 0. The van der Waals surface area contributed by atoms with Crippen LogP contribution in [0.1, 0.15) is 0 Å². The summed E-state index contributed by atoms with van der Waals surface area (Å²) in [7, 11) is 0. The highest BCUT2D eigenvalue weighted by atomic mass is 35.5. The summed E-state index contributed by atoms with van der Waals surface area (Å²) in [6.45, 7) is 0. The van der Waals surface area contributed by atoms with E-state index in [-0.39, 0.29) is 0 Å². The van der Waals surface area contributed by atoms with E-state index in [1.165, 1.54) is 20.2 Å². The van der Waals surface area contributed by atoms with Crippen LogP contribution in [0.4, 0.5) is 17.1 Å². The average molecular weight is 386 g/mol. The minimum absolute atomic E-state index is 0.774. The number of fused-ring (bicyclic) bond motifs is 3. The van der Waals surface area contributed by atoms with E-state index >= 15 is 0 Å². The van der Waals surface area contributed by atoms with Gasteiger partial charge < -0.3 is 4.90 Å². The molecule has 27 heavy (non-hydrogen) atoms. The summed E-state index contributed by atoms with van der Waals surface area (Å²) >= 11 is 8.07. The molecule has 0 aliphatic heterocycles. The molecule has 0 saturated heterocycles. The Balaban J connectivity index is 1.75. The maximum absolute atomic E-state index is 6.26. The van der Waals surface area contributed by atoms with Crippen molar-refractivity contribution in [1.29, 1.82) is 0 Å². The molecule has 0 radical (unpaired) electrons. The van der Waals surface area contributed by atoms with Crippen LogP contribution in [-0.2, 0) is 0 Å². The standard InChI is InChI=1S/C24H16ClNS/c25-17-11-13-23-21(15-17)22-16-20(12-14-24(22)27-23)26(18-7-3-1-4-8-18)19-9-5-2-6-10-19/h1-16H. The molecule has 0 bridgehead atoms. The molecule has 5 aromatic rings. The van der Waals surface area contributed by atoms with E-state index in [0.717, 1.165) is 22.1 Å². The molecule has 1 heterocycles. The maximum atomic E-state index is 6.26. The number of anilines is 3. The SMILES string of the molecule is Clc1ccc2sc3ccc(N(c4ccccc4)c4ccccc4)cc3c2c1. The second-order valence-electron chi connectivity index (χ2n) is 6.43. The van der Waals surface area contributed by atoms with Crippen molar-refractivity contribution in [3.8, 4) is 0 Å². The predicted octanol–water partition coefficient (Wildman–Crippen LogP) is 8.18. The van der Waals surface area contributed by atoms with Crippen molar-refractivity contribution in [3.63, 3.8) is 0 Å². The van der Waals surface area contributed by atoms with Crippen LogP contribution in [0.5, 0.6) is 0 Å². The number of thiophene rings is 1. The van der Waals surface area contributed by atoms with Crippen LogP contribution in [0.2, 0.25) is 5.02 Å². The zero-order chi connectivity index (χ0) is 18.2. The molecule has 0 atom stereocenters. The number of benzene rings is 4. The first kappa shape index (κ1) is 16.4. The Morgan fingerprint density at radius 1 is 0.556 bits per heavy atom. The Labute approximate surface area is 167 Å². The van der Waals surface area contributed by atoms with E-state index in [9.17, 15) is 0 Å². The predicted molar refractivity (Wildman–Crippen MR) is 119 cm³/mol. The van der Waals surface area contributed by atoms with Crippen molar-refractivity contribution < 1.29 is 0 Å². The van der Waals surface area contributed by atoms with Crippen LogP contribution in [-0.4, -0.2) is 0 Å². The third-order valence-corrected chi connectivity index (χ3v) is 6.09. The first-order valence-electron chi connectivity index (χ1n) is 8.82. The van der Waals surface area contributed by atoms with Crippen molar-refractivity contribution in [1.82, 2.24) is 0 Å². The van der Waals surface area contributed by atoms with Crippen molar-refractivity contribution in [2.75, 3.05) is 4.90 Å². The number of hydrogen-bond acceptors (Lipinski definition) is 2. The number of halogens is 1. The fourth-order valence-electron chi connectivity index (χ4n) is 3.48. The molecule has 5 rings (SSSR count). The van der Waals surface area contributed by atoms with Gasteiger partial charge in [-0.15, -0.1) is 11.3 Å². The minimum Gasteiger partial charge on any atom is -0.310 e. The van der Waals surface area contributed by atoms with Gasteiger partial charge in [-0.2, -0.15) is 0 Å². The first-order valence-corrected chi connectivity index (χ1v) is 10.0. The highest BCUT2D eigenvalue weighted by molar-refractivity contribution is 7.25.